The van der Waals surface area contributed by atoms with Crippen molar-refractivity contribution in [1.82, 2.24) is 9.21 Å². The quantitative estimate of drug-likeness (QED) is 0.543. The van der Waals surface area contributed by atoms with Gasteiger partial charge in [-0.15, -0.1) is 0 Å². The van der Waals surface area contributed by atoms with Crippen LogP contribution in [0, 0.1) is 0 Å². The molecule has 0 radical (unpaired) electrons. The predicted octanol–water partition coefficient (Wildman–Crippen LogP) is 3.65. The standard InChI is InChI=1S/C22H29ClN2O4S/c1-2-28-16-17-29-21-8-10-22(11-9-21)30(26,27)25-13-3-12-24(14-15-25)18-19-4-6-20(23)7-5-19/h4-11H,2-3,12-18H2,1H3. The maximum absolute atomic E-state index is 13.1. The molecule has 0 N–H and O–H groups in total. The SMILES string of the molecule is CCOCCOc1ccc(S(=O)(=O)N2CCCN(Cc3ccc(Cl)cc3)CC2)cc1. The fourth-order valence-electron chi connectivity index (χ4n) is 3.41. The van der Waals surface area contributed by atoms with Crippen LogP contribution in [0.2, 0.25) is 5.02 Å². The van der Waals surface area contributed by atoms with E-state index in [9.17, 15) is 8.42 Å². The monoisotopic (exact) mass is 452 g/mol. The summed E-state index contributed by atoms with van der Waals surface area (Å²) in [7, 11) is -3.52. The minimum atomic E-state index is -3.52. The zero-order valence-electron chi connectivity index (χ0n) is 17.3. The molecule has 1 fully saturated rings. The molecule has 1 aliphatic heterocycles. The fraction of sp³-hybridized carbons (Fsp3) is 0.455. The molecule has 30 heavy (non-hydrogen) atoms. The molecule has 0 aromatic heterocycles. The molecule has 6 nitrogen and oxygen atoms in total. The first-order valence-corrected chi connectivity index (χ1v) is 12.1. The van der Waals surface area contributed by atoms with Gasteiger partial charge < -0.3 is 9.47 Å². The van der Waals surface area contributed by atoms with E-state index in [-0.39, 0.29) is 0 Å². The summed E-state index contributed by atoms with van der Waals surface area (Å²) in [6, 6.07) is 14.4. The first-order chi connectivity index (χ1) is 14.5. The van der Waals surface area contributed by atoms with Crippen molar-refractivity contribution in [3.63, 3.8) is 0 Å². The number of hydrogen-bond donors (Lipinski definition) is 0. The third kappa shape index (κ3) is 6.43. The van der Waals surface area contributed by atoms with Crippen molar-refractivity contribution in [1.29, 1.82) is 0 Å². The molecule has 2 aromatic carbocycles. The van der Waals surface area contributed by atoms with Gasteiger partial charge in [0.1, 0.15) is 12.4 Å². The van der Waals surface area contributed by atoms with Crippen LogP contribution in [0.5, 0.6) is 5.75 Å². The first-order valence-electron chi connectivity index (χ1n) is 10.3. The van der Waals surface area contributed by atoms with Crippen molar-refractivity contribution in [2.24, 2.45) is 0 Å². The molecule has 0 amide bonds. The average Bonchev–Trinajstić information content (AvgIpc) is 2.99. The van der Waals surface area contributed by atoms with Crippen LogP contribution >= 0.6 is 11.6 Å². The number of rotatable bonds is 9. The molecular formula is C22H29ClN2O4S. The summed E-state index contributed by atoms with van der Waals surface area (Å²) < 4.78 is 38.6. The molecule has 0 aliphatic carbocycles. The second kappa shape index (κ2) is 11.1. The molecule has 1 saturated heterocycles. The zero-order valence-corrected chi connectivity index (χ0v) is 18.9. The second-order valence-electron chi connectivity index (χ2n) is 7.18. The van der Waals surface area contributed by atoms with E-state index in [1.807, 2.05) is 31.2 Å². The van der Waals surface area contributed by atoms with Crippen molar-refractivity contribution >= 4 is 21.6 Å². The summed E-state index contributed by atoms with van der Waals surface area (Å²) in [6.07, 6.45) is 0.797. The molecule has 0 bridgehead atoms. The zero-order chi connectivity index (χ0) is 21.4. The Balaban J connectivity index is 1.57. The Hall–Kier alpha value is -1.64. The second-order valence-corrected chi connectivity index (χ2v) is 9.55. The summed E-state index contributed by atoms with van der Waals surface area (Å²) in [5.41, 5.74) is 1.18. The largest absolute Gasteiger partial charge is 0.491 e. The number of benzene rings is 2. The minimum Gasteiger partial charge on any atom is -0.491 e. The van der Waals surface area contributed by atoms with Crippen LogP contribution in [0.1, 0.15) is 18.9 Å². The van der Waals surface area contributed by atoms with Gasteiger partial charge >= 0.3 is 0 Å². The van der Waals surface area contributed by atoms with Crippen molar-refractivity contribution in [3.05, 3.63) is 59.1 Å². The Morgan fingerprint density at radius 3 is 2.37 bits per heavy atom. The van der Waals surface area contributed by atoms with Crippen LogP contribution in [0.4, 0.5) is 0 Å². The Labute approximate surface area is 184 Å². The van der Waals surface area contributed by atoms with Gasteiger partial charge in [-0.2, -0.15) is 4.31 Å². The van der Waals surface area contributed by atoms with E-state index in [0.29, 0.717) is 50.1 Å². The molecule has 164 valence electrons. The van der Waals surface area contributed by atoms with Gasteiger partial charge in [0.2, 0.25) is 10.0 Å². The van der Waals surface area contributed by atoms with E-state index in [4.69, 9.17) is 21.1 Å². The molecule has 1 heterocycles. The summed E-state index contributed by atoms with van der Waals surface area (Å²) in [5.74, 6) is 0.638. The van der Waals surface area contributed by atoms with Gasteiger partial charge in [-0.05, 0) is 61.9 Å². The summed E-state index contributed by atoms with van der Waals surface area (Å²) >= 11 is 5.96. The highest BCUT2D eigenvalue weighted by molar-refractivity contribution is 7.89. The molecule has 2 aromatic rings. The highest BCUT2D eigenvalue weighted by Gasteiger charge is 2.27. The van der Waals surface area contributed by atoms with Crippen LogP contribution in [0.15, 0.2) is 53.4 Å². The number of hydrogen-bond acceptors (Lipinski definition) is 5. The Morgan fingerprint density at radius 1 is 0.933 bits per heavy atom. The number of ether oxygens (including phenoxy) is 2. The smallest absolute Gasteiger partial charge is 0.243 e. The lowest BCUT2D eigenvalue weighted by Crippen LogP contribution is -2.35. The fourth-order valence-corrected chi connectivity index (χ4v) is 5.01. The third-order valence-corrected chi connectivity index (χ3v) is 7.19. The van der Waals surface area contributed by atoms with Gasteiger partial charge in [0.05, 0.1) is 11.5 Å². The molecule has 0 atom stereocenters. The number of halogens is 1. The lowest BCUT2D eigenvalue weighted by atomic mass is 10.2. The van der Waals surface area contributed by atoms with E-state index in [0.717, 1.165) is 24.5 Å². The summed E-state index contributed by atoms with van der Waals surface area (Å²) in [5, 5.41) is 0.720. The van der Waals surface area contributed by atoms with Crippen LogP contribution < -0.4 is 4.74 Å². The van der Waals surface area contributed by atoms with Crippen LogP contribution in [0.25, 0.3) is 0 Å². The van der Waals surface area contributed by atoms with Crippen LogP contribution in [-0.4, -0.2) is 63.6 Å². The molecular weight excluding hydrogens is 424 g/mol. The number of sulfonamides is 1. The van der Waals surface area contributed by atoms with E-state index < -0.39 is 10.0 Å². The van der Waals surface area contributed by atoms with E-state index in [1.54, 1.807) is 28.6 Å². The van der Waals surface area contributed by atoms with Crippen LogP contribution in [0.3, 0.4) is 0 Å². The molecule has 0 spiro atoms. The van der Waals surface area contributed by atoms with Gasteiger partial charge in [-0.1, -0.05) is 23.7 Å². The first kappa shape index (κ1) is 23.0. The van der Waals surface area contributed by atoms with E-state index in [1.165, 1.54) is 5.56 Å². The van der Waals surface area contributed by atoms with Crippen molar-refractivity contribution in [2.75, 3.05) is 46.0 Å². The normalized spacial score (nSPS) is 16.3. The average molecular weight is 453 g/mol. The maximum Gasteiger partial charge on any atom is 0.243 e. The molecule has 8 heteroatoms. The summed E-state index contributed by atoms with van der Waals surface area (Å²) in [4.78, 5) is 2.58. The van der Waals surface area contributed by atoms with Gasteiger partial charge in [-0.25, -0.2) is 8.42 Å². The Bertz CT molecular complexity index is 888. The molecule has 0 unspecified atom stereocenters. The minimum absolute atomic E-state index is 0.297. The molecule has 3 rings (SSSR count). The highest BCUT2D eigenvalue weighted by atomic mass is 35.5. The van der Waals surface area contributed by atoms with Gasteiger partial charge in [0.25, 0.3) is 0 Å². The Kier molecular flexibility index (Phi) is 8.53. The van der Waals surface area contributed by atoms with Gasteiger partial charge in [0.15, 0.2) is 0 Å². The van der Waals surface area contributed by atoms with Crippen molar-refractivity contribution in [3.8, 4) is 5.75 Å². The lowest BCUT2D eigenvalue weighted by molar-refractivity contribution is 0.110. The van der Waals surface area contributed by atoms with Crippen molar-refractivity contribution < 1.29 is 17.9 Å². The topological polar surface area (TPSA) is 59.1 Å². The maximum atomic E-state index is 13.1. The van der Waals surface area contributed by atoms with Crippen LogP contribution in [-0.2, 0) is 21.3 Å². The lowest BCUT2D eigenvalue weighted by Gasteiger charge is -2.22. The predicted molar refractivity (Wildman–Crippen MR) is 119 cm³/mol. The Morgan fingerprint density at radius 2 is 1.67 bits per heavy atom. The van der Waals surface area contributed by atoms with E-state index >= 15 is 0 Å². The highest BCUT2D eigenvalue weighted by Crippen LogP contribution is 2.21. The molecule has 0 saturated carbocycles. The van der Waals surface area contributed by atoms with E-state index in [2.05, 4.69) is 4.90 Å². The third-order valence-electron chi connectivity index (χ3n) is 5.03. The van der Waals surface area contributed by atoms with Crippen molar-refractivity contribution in [2.45, 2.75) is 24.8 Å². The number of nitrogens with zero attached hydrogens (tertiary/aromatic N) is 2. The summed E-state index contributed by atoms with van der Waals surface area (Å²) in [6.45, 7) is 6.87. The van der Waals surface area contributed by atoms with Gasteiger partial charge in [-0.3, -0.25) is 4.90 Å². The molecule has 1 aliphatic rings. The van der Waals surface area contributed by atoms with Gasteiger partial charge in [0, 0.05) is 37.8 Å².